The van der Waals surface area contributed by atoms with Gasteiger partial charge in [0.2, 0.25) is 10.0 Å². The molecule has 16 heavy (non-hydrogen) atoms. The SMILES string of the molecule is CC(O)c1cccc(S(=O)(=O)NC2CC2)c1. The van der Waals surface area contributed by atoms with Crippen LogP contribution in [0, 0.1) is 0 Å². The first-order chi connectivity index (χ1) is 7.49. The molecule has 1 aliphatic carbocycles. The van der Waals surface area contributed by atoms with Gasteiger partial charge < -0.3 is 5.11 Å². The van der Waals surface area contributed by atoms with Crippen LogP contribution in [0.5, 0.6) is 0 Å². The summed E-state index contributed by atoms with van der Waals surface area (Å²) in [7, 11) is -3.41. The fourth-order valence-corrected chi connectivity index (χ4v) is 2.79. The molecule has 1 aromatic carbocycles. The van der Waals surface area contributed by atoms with Crippen molar-refractivity contribution >= 4 is 10.0 Å². The molecule has 0 amide bonds. The fourth-order valence-electron chi connectivity index (χ4n) is 1.43. The van der Waals surface area contributed by atoms with Crippen molar-refractivity contribution in [2.45, 2.75) is 36.8 Å². The molecule has 1 aromatic rings. The molecule has 1 fully saturated rings. The quantitative estimate of drug-likeness (QED) is 0.832. The Balaban J connectivity index is 2.28. The summed E-state index contributed by atoms with van der Waals surface area (Å²) in [4.78, 5) is 0.220. The largest absolute Gasteiger partial charge is 0.389 e. The first-order valence-corrected chi connectivity index (χ1v) is 6.78. The van der Waals surface area contributed by atoms with Gasteiger partial charge in [0.15, 0.2) is 0 Å². The highest BCUT2D eigenvalue weighted by Crippen LogP contribution is 2.23. The molecule has 0 aromatic heterocycles. The van der Waals surface area contributed by atoms with Gasteiger partial charge in [-0.3, -0.25) is 0 Å². The summed E-state index contributed by atoms with van der Waals surface area (Å²) < 4.78 is 26.3. The number of hydrogen-bond donors (Lipinski definition) is 2. The van der Waals surface area contributed by atoms with E-state index in [0.717, 1.165) is 12.8 Å². The number of nitrogens with one attached hydrogen (secondary N) is 1. The van der Waals surface area contributed by atoms with Gasteiger partial charge in [0.25, 0.3) is 0 Å². The van der Waals surface area contributed by atoms with Crippen LogP contribution in [0.15, 0.2) is 29.2 Å². The highest BCUT2D eigenvalue weighted by molar-refractivity contribution is 7.89. The lowest BCUT2D eigenvalue weighted by atomic mass is 10.1. The van der Waals surface area contributed by atoms with E-state index in [1.807, 2.05) is 0 Å². The van der Waals surface area contributed by atoms with E-state index in [-0.39, 0.29) is 10.9 Å². The zero-order valence-electron chi connectivity index (χ0n) is 9.05. The van der Waals surface area contributed by atoms with Crippen LogP contribution in [0.2, 0.25) is 0 Å². The van der Waals surface area contributed by atoms with Crippen LogP contribution in [-0.4, -0.2) is 19.6 Å². The van der Waals surface area contributed by atoms with Crippen LogP contribution in [-0.2, 0) is 10.0 Å². The van der Waals surface area contributed by atoms with Gasteiger partial charge in [0.05, 0.1) is 11.0 Å². The molecule has 0 saturated heterocycles. The average Bonchev–Trinajstić information content (AvgIpc) is 3.01. The van der Waals surface area contributed by atoms with E-state index in [2.05, 4.69) is 4.72 Å². The van der Waals surface area contributed by atoms with E-state index < -0.39 is 16.1 Å². The van der Waals surface area contributed by atoms with Crippen molar-refractivity contribution in [3.05, 3.63) is 29.8 Å². The molecule has 0 spiro atoms. The van der Waals surface area contributed by atoms with Crippen LogP contribution in [0.3, 0.4) is 0 Å². The topological polar surface area (TPSA) is 66.4 Å². The predicted octanol–water partition coefficient (Wildman–Crippen LogP) is 1.18. The Hall–Kier alpha value is -0.910. The van der Waals surface area contributed by atoms with E-state index in [9.17, 15) is 13.5 Å². The van der Waals surface area contributed by atoms with Crippen LogP contribution in [0.1, 0.15) is 31.4 Å². The molecule has 0 bridgehead atoms. The van der Waals surface area contributed by atoms with Gasteiger partial charge in [-0.25, -0.2) is 13.1 Å². The minimum atomic E-state index is -3.41. The maximum absolute atomic E-state index is 11.9. The third-order valence-corrected chi connectivity index (χ3v) is 4.07. The number of rotatable bonds is 4. The number of aliphatic hydroxyl groups excluding tert-OH is 1. The standard InChI is InChI=1S/C11H15NO3S/c1-8(13)9-3-2-4-11(7-9)16(14,15)12-10-5-6-10/h2-4,7-8,10,12-13H,5-6H2,1H3. The highest BCUT2D eigenvalue weighted by Gasteiger charge is 2.28. The molecule has 5 heteroatoms. The maximum atomic E-state index is 11.9. The predicted molar refractivity (Wildman–Crippen MR) is 60.4 cm³/mol. The molecule has 0 radical (unpaired) electrons. The smallest absolute Gasteiger partial charge is 0.240 e. The zero-order valence-corrected chi connectivity index (χ0v) is 9.87. The first-order valence-electron chi connectivity index (χ1n) is 5.29. The molecule has 1 saturated carbocycles. The number of hydrogen-bond acceptors (Lipinski definition) is 3. The number of sulfonamides is 1. The van der Waals surface area contributed by atoms with Crippen molar-refractivity contribution < 1.29 is 13.5 Å². The Morgan fingerprint density at radius 1 is 1.44 bits per heavy atom. The molecule has 1 aliphatic rings. The van der Waals surface area contributed by atoms with Gasteiger partial charge in [-0.15, -0.1) is 0 Å². The Morgan fingerprint density at radius 3 is 2.69 bits per heavy atom. The average molecular weight is 241 g/mol. The van der Waals surface area contributed by atoms with Gasteiger partial charge in [-0.2, -0.15) is 0 Å². The summed E-state index contributed by atoms with van der Waals surface area (Å²) in [6.07, 6.45) is 1.17. The fraction of sp³-hybridized carbons (Fsp3) is 0.455. The minimum Gasteiger partial charge on any atom is -0.389 e. The second kappa shape index (κ2) is 4.16. The molecule has 1 unspecified atom stereocenters. The lowest BCUT2D eigenvalue weighted by Gasteiger charge is -2.08. The van der Waals surface area contributed by atoms with Crippen LogP contribution < -0.4 is 4.72 Å². The molecule has 0 heterocycles. The second-order valence-electron chi connectivity index (χ2n) is 4.14. The molecule has 0 aliphatic heterocycles. The van der Waals surface area contributed by atoms with Crippen molar-refractivity contribution in [3.63, 3.8) is 0 Å². The molecular formula is C11H15NO3S. The summed E-state index contributed by atoms with van der Waals surface area (Å²) in [6, 6.07) is 6.50. The van der Waals surface area contributed by atoms with Gasteiger partial charge >= 0.3 is 0 Å². The molecule has 2 N–H and O–H groups in total. The molecular weight excluding hydrogens is 226 g/mol. The van der Waals surface area contributed by atoms with Crippen molar-refractivity contribution in [2.75, 3.05) is 0 Å². The van der Waals surface area contributed by atoms with Gasteiger partial charge in [-0.05, 0) is 37.5 Å². The number of benzene rings is 1. The third kappa shape index (κ3) is 2.61. The summed E-state index contributed by atoms with van der Waals surface area (Å²) >= 11 is 0. The summed E-state index contributed by atoms with van der Waals surface area (Å²) in [6.45, 7) is 1.61. The highest BCUT2D eigenvalue weighted by atomic mass is 32.2. The lowest BCUT2D eigenvalue weighted by Crippen LogP contribution is -2.25. The third-order valence-electron chi connectivity index (χ3n) is 2.55. The minimum absolute atomic E-state index is 0.0974. The molecule has 88 valence electrons. The van der Waals surface area contributed by atoms with Gasteiger partial charge in [-0.1, -0.05) is 12.1 Å². The summed E-state index contributed by atoms with van der Waals surface area (Å²) in [5, 5.41) is 9.39. The van der Waals surface area contributed by atoms with E-state index in [1.165, 1.54) is 12.1 Å². The normalized spacial score (nSPS) is 18.4. The van der Waals surface area contributed by atoms with E-state index in [0.29, 0.717) is 5.56 Å². The van der Waals surface area contributed by atoms with E-state index >= 15 is 0 Å². The summed E-state index contributed by atoms with van der Waals surface area (Å²) in [5.41, 5.74) is 0.610. The second-order valence-corrected chi connectivity index (χ2v) is 5.86. The van der Waals surface area contributed by atoms with Gasteiger partial charge in [0, 0.05) is 6.04 Å². The Morgan fingerprint density at radius 2 is 2.12 bits per heavy atom. The monoisotopic (exact) mass is 241 g/mol. The van der Waals surface area contributed by atoms with Crippen molar-refractivity contribution in [1.82, 2.24) is 4.72 Å². The van der Waals surface area contributed by atoms with Crippen molar-refractivity contribution in [1.29, 1.82) is 0 Å². The zero-order chi connectivity index (χ0) is 11.8. The number of aliphatic hydroxyl groups is 1. The van der Waals surface area contributed by atoms with E-state index in [4.69, 9.17) is 0 Å². The first kappa shape index (κ1) is 11.6. The Bertz CT molecular complexity index is 478. The lowest BCUT2D eigenvalue weighted by molar-refractivity contribution is 0.199. The van der Waals surface area contributed by atoms with Crippen molar-refractivity contribution in [3.8, 4) is 0 Å². The van der Waals surface area contributed by atoms with Gasteiger partial charge in [0.1, 0.15) is 0 Å². The maximum Gasteiger partial charge on any atom is 0.240 e. The van der Waals surface area contributed by atoms with Crippen LogP contribution >= 0.6 is 0 Å². The van der Waals surface area contributed by atoms with Crippen LogP contribution in [0.25, 0.3) is 0 Å². The van der Waals surface area contributed by atoms with Crippen LogP contribution in [0.4, 0.5) is 0 Å². The molecule has 1 atom stereocenters. The Kier molecular flexibility index (Phi) is 3.01. The Labute approximate surface area is 95.4 Å². The summed E-state index contributed by atoms with van der Waals surface area (Å²) in [5.74, 6) is 0. The molecule has 4 nitrogen and oxygen atoms in total. The molecule has 2 rings (SSSR count). The van der Waals surface area contributed by atoms with E-state index in [1.54, 1.807) is 19.1 Å². The van der Waals surface area contributed by atoms with Crippen molar-refractivity contribution in [2.24, 2.45) is 0 Å².